The second-order valence-electron chi connectivity index (χ2n) is 3.43. The molecule has 0 spiro atoms. The van der Waals surface area contributed by atoms with Gasteiger partial charge in [0.25, 0.3) is 0 Å². The van der Waals surface area contributed by atoms with Crippen molar-refractivity contribution < 1.29 is 4.42 Å². The van der Waals surface area contributed by atoms with Crippen molar-refractivity contribution in [3.05, 3.63) is 48.4 Å². The first-order chi connectivity index (χ1) is 7.92. The number of H-pyrrole nitrogens is 2. The minimum atomic E-state index is 0.685. The van der Waals surface area contributed by atoms with Gasteiger partial charge in [-0.3, -0.25) is 0 Å². The van der Waals surface area contributed by atoms with Crippen LogP contribution in [0, 0.1) is 0 Å². The Labute approximate surface area is 91.6 Å². The van der Waals surface area contributed by atoms with Crippen LogP contribution in [0.15, 0.2) is 41.4 Å². The highest BCUT2D eigenvalue weighted by atomic mass is 16.3. The predicted molar refractivity (Wildman–Crippen MR) is 57.7 cm³/mol. The maximum Gasteiger partial charge on any atom is 0.173 e. The van der Waals surface area contributed by atoms with Crippen LogP contribution in [-0.2, 0) is 6.42 Å². The third-order valence-electron chi connectivity index (χ3n) is 2.29. The molecule has 0 aromatic carbocycles. The number of hydrogen-bond acceptors (Lipinski definition) is 3. The van der Waals surface area contributed by atoms with Crippen LogP contribution in [0.3, 0.4) is 0 Å². The Balaban J connectivity index is 1.83. The second-order valence-corrected chi connectivity index (χ2v) is 3.43. The van der Waals surface area contributed by atoms with Crippen molar-refractivity contribution in [1.82, 2.24) is 19.9 Å². The molecule has 0 bridgehead atoms. The Morgan fingerprint density at radius 1 is 1.25 bits per heavy atom. The third kappa shape index (κ3) is 1.63. The van der Waals surface area contributed by atoms with Crippen LogP contribution in [0.2, 0.25) is 0 Å². The van der Waals surface area contributed by atoms with Crippen molar-refractivity contribution in [3.8, 4) is 11.6 Å². The lowest BCUT2D eigenvalue weighted by Crippen LogP contribution is -1.87. The van der Waals surface area contributed by atoms with E-state index in [-0.39, 0.29) is 0 Å². The van der Waals surface area contributed by atoms with Crippen molar-refractivity contribution in [2.24, 2.45) is 0 Å². The molecule has 80 valence electrons. The fourth-order valence-electron chi connectivity index (χ4n) is 1.56. The number of furan rings is 1. The molecule has 0 saturated heterocycles. The van der Waals surface area contributed by atoms with Gasteiger partial charge in [0.15, 0.2) is 11.6 Å². The molecule has 3 aromatic rings. The highest BCUT2D eigenvalue weighted by molar-refractivity contribution is 5.43. The third-order valence-corrected chi connectivity index (χ3v) is 2.29. The second kappa shape index (κ2) is 3.69. The van der Waals surface area contributed by atoms with Gasteiger partial charge in [-0.25, -0.2) is 9.97 Å². The summed E-state index contributed by atoms with van der Waals surface area (Å²) < 4.78 is 5.26. The molecule has 2 N–H and O–H groups in total. The molecule has 0 aliphatic heterocycles. The van der Waals surface area contributed by atoms with E-state index in [0.29, 0.717) is 6.42 Å². The number of nitrogens with zero attached hydrogens (tertiary/aromatic N) is 2. The Hall–Kier alpha value is -2.30. The first kappa shape index (κ1) is 8.96. The van der Waals surface area contributed by atoms with E-state index in [1.54, 1.807) is 18.7 Å². The monoisotopic (exact) mass is 214 g/mol. The van der Waals surface area contributed by atoms with Gasteiger partial charge >= 0.3 is 0 Å². The minimum absolute atomic E-state index is 0.685. The quantitative estimate of drug-likeness (QED) is 0.700. The minimum Gasteiger partial charge on any atom is -0.469 e. The van der Waals surface area contributed by atoms with Gasteiger partial charge in [-0.1, -0.05) is 0 Å². The lowest BCUT2D eigenvalue weighted by atomic mass is 10.3. The average molecular weight is 214 g/mol. The van der Waals surface area contributed by atoms with Crippen molar-refractivity contribution in [3.63, 3.8) is 0 Å². The van der Waals surface area contributed by atoms with Crippen LogP contribution in [0.25, 0.3) is 11.6 Å². The summed E-state index contributed by atoms with van der Waals surface area (Å²) in [6.45, 7) is 0. The average Bonchev–Trinajstić information content (AvgIpc) is 2.99. The van der Waals surface area contributed by atoms with Crippen molar-refractivity contribution in [2.45, 2.75) is 6.42 Å². The summed E-state index contributed by atoms with van der Waals surface area (Å²) in [6.07, 6.45) is 7.67. The maximum atomic E-state index is 5.26. The largest absolute Gasteiger partial charge is 0.469 e. The zero-order valence-electron chi connectivity index (χ0n) is 8.47. The fraction of sp³-hybridized carbons (Fsp3) is 0.0909. The van der Waals surface area contributed by atoms with Gasteiger partial charge in [0.1, 0.15) is 5.76 Å². The molecule has 3 aromatic heterocycles. The number of nitrogens with one attached hydrogen (secondary N) is 2. The van der Waals surface area contributed by atoms with Crippen molar-refractivity contribution >= 4 is 0 Å². The van der Waals surface area contributed by atoms with E-state index in [1.165, 1.54) is 0 Å². The molecule has 0 aliphatic rings. The Kier molecular flexibility index (Phi) is 2.07. The Morgan fingerprint density at radius 3 is 3.00 bits per heavy atom. The summed E-state index contributed by atoms with van der Waals surface area (Å²) in [7, 11) is 0. The fourth-order valence-corrected chi connectivity index (χ4v) is 1.56. The Morgan fingerprint density at radius 2 is 2.25 bits per heavy atom. The van der Waals surface area contributed by atoms with Gasteiger partial charge in [0.05, 0.1) is 12.0 Å². The van der Waals surface area contributed by atoms with E-state index < -0.39 is 0 Å². The van der Waals surface area contributed by atoms with Crippen LogP contribution in [0.4, 0.5) is 0 Å². The van der Waals surface area contributed by atoms with Crippen LogP contribution in [0.1, 0.15) is 11.5 Å². The summed E-state index contributed by atoms with van der Waals surface area (Å²) in [5, 5.41) is 0. The van der Waals surface area contributed by atoms with Crippen molar-refractivity contribution in [1.29, 1.82) is 0 Å². The standard InChI is InChI=1S/C11H10N4O/c1-2-9(16-5-1)6-8-7-14-11(15-8)10-12-3-4-13-10/h1-5,7H,6H2,(H,12,13)(H,14,15). The number of hydrogen-bond donors (Lipinski definition) is 2. The lowest BCUT2D eigenvalue weighted by molar-refractivity contribution is 0.519. The molecular formula is C11H10N4O. The zero-order valence-corrected chi connectivity index (χ0v) is 8.47. The van der Waals surface area contributed by atoms with E-state index in [2.05, 4.69) is 19.9 Å². The molecule has 0 amide bonds. The van der Waals surface area contributed by atoms with E-state index in [1.807, 2.05) is 18.3 Å². The van der Waals surface area contributed by atoms with Crippen molar-refractivity contribution in [2.75, 3.05) is 0 Å². The van der Waals surface area contributed by atoms with E-state index in [9.17, 15) is 0 Å². The summed E-state index contributed by atoms with van der Waals surface area (Å²) in [5.41, 5.74) is 0.932. The molecule has 0 unspecified atom stereocenters. The lowest BCUT2D eigenvalue weighted by Gasteiger charge is -1.90. The van der Waals surface area contributed by atoms with Gasteiger partial charge in [0.2, 0.25) is 0 Å². The van der Waals surface area contributed by atoms with Crippen LogP contribution >= 0.6 is 0 Å². The molecule has 0 atom stereocenters. The Bertz CT molecular complexity index is 551. The molecule has 0 saturated carbocycles. The highest BCUT2D eigenvalue weighted by Gasteiger charge is 2.07. The normalized spacial score (nSPS) is 10.8. The summed E-state index contributed by atoms with van der Waals surface area (Å²) in [6, 6.07) is 3.80. The van der Waals surface area contributed by atoms with Crippen LogP contribution in [0.5, 0.6) is 0 Å². The zero-order chi connectivity index (χ0) is 10.8. The highest BCUT2D eigenvalue weighted by Crippen LogP contribution is 2.12. The molecule has 0 aliphatic carbocycles. The summed E-state index contributed by atoms with van der Waals surface area (Å²) in [4.78, 5) is 14.6. The van der Waals surface area contributed by atoms with Gasteiger partial charge in [0, 0.05) is 25.0 Å². The smallest absolute Gasteiger partial charge is 0.173 e. The predicted octanol–water partition coefficient (Wildman–Crippen LogP) is 1.98. The van der Waals surface area contributed by atoms with E-state index >= 15 is 0 Å². The van der Waals surface area contributed by atoms with E-state index in [0.717, 1.165) is 23.1 Å². The molecular weight excluding hydrogens is 204 g/mol. The molecule has 16 heavy (non-hydrogen) atoms. The topological polar surface area (TPSA) is 70.5 Å². The van der Waals surface area contributed by atoms with Crippen LogP contribution in [-0.4, -0.2) is 19.9 Å². The van der Waals surface area contributed by atoms with Gasteiger partial charge in [-0.05, 0) is 12.1 Å². The SMILES string of the molecule is c1coc(Cc2c[nH]c(-c3ncc[nH]3)n2)c1. The molecule has 5 heteroatoms. The van der Waals surface area contributed by atoms with Gasteiger partial charge in [-0.2, -0.15) is 0 Å². The number of rotatable bonds is 3. The molecule has 5 nitrogen and oxygen atoms in total. The summed E-state index contributed by atoms with van der Waals surface area (Å²) >= 11 is 0. The van der Waals surface area contributed by atoms with Gasteiger partial charge < -0.3 is 14.4 Å². The molecule has 3 heterocycles. The maximum absolute atomic E-state index is 5.26. The first-order valence-corrected chi connectivity index (χ1v) is 4.98. The molecule has 0 fully saturated rings. The van der Waals surface area contributed by atoms with Crippen LogP contribution < -0.4 is 0 Å². The number of aromatic nitrogens is 4. The van der Waals surface area contributed by atoms with Gasteiger partial charge in [-0.15, -0.1) is 0 Å². The molecule has 0 radical (unpaired) electrons. The number of aromatic amines is 2. The number of imidazole rings is 2. The molecule has 3 rings (SSSR count). The summed E-state index contributed by atoms with van der Waals surface area (Å²) in [5.74, 6) is 2.38. The first-order valence-electron chi connectivity index (χ1n) is 4.98. The van der Waals surface area contributed by atoms with E-state index in [4.69, 9.17) is 4.42 Å².